The van der Waals surface area contributed by atoms with E-state index in [1.165, 1.54) is 0 Å². The maximum atomic E-state index is 8.64. The lowest BCUT2D eigenvalue weighted by Crippen LogP contribution is -2.25. The van der Waals surface area contributed by atoms with E-state index in [-0.39, 0.29) is 0 Å². The van der Waals surface area contributed by atoms with E-state index in [0.717, 1.165) is 38.4 Å². The molecular formula is C13H20N4. The topological polar surface area (TPSA) is 52.0 Å². The molecule has 0 bridgehead atoms. The van der Waals surface area contributed by atoms with Crippen molar-refractivity contribution in [3.63, 3.8) is 0 Å². The summed E-state index contributed by atoms with van der Waals surface area (Å²) in [5.41, 5.74) is 0.596. The van der Waals surface area contributed by atoms with Gasteiger partial charge in [0, 0.05) is 12.7 Å². The predicted molar refractivity (Wildman–Crippen MR) is 69.8 cm³/mol. The van der Waals surface area contributed by atoms with Crippen LogP contribution in [0.2, 0.25) is 0 Å². The Bertz CT molecular complexity index is 349. The minimum absolute atomic E-state index is 0.596. The highest BCUT2D eigenvalue weighted by molar-refractivity contribution is 5.38. The second-order valence-electron chi connectivity index (χ2n) is 3.85. The summed E-state index contributed by atoms with van der Waals surface area (Å²) in [6.07, 6.45) is 2.69. The van der Waals surface area contributed by atoms with Crippen molar-refractivity contribution in [3.8, 4) is 6.07 Å². The Hall–Kier alpha value is -1.60. The number of hydrogen-bond donors (Lipinski definition) is 1. The molecule has 0 spiro atoms. The van der Waals surface area contributed by atoms with Gasteiger partial charge in [-0.2, -0.15) is 5.26 Å². The van der Waals surface area contributed by atoms with Crippen LogP contribution in [0.4, 0.5) is 5.82 Å². The van der Waals surface area contributed by atoms with E-state index < -0.39 is 0 Å². The Morgan fingerprint density at radius 3 is 2.65 bits per heavy atom. The first-order valence-corrected chi connectivity index (χ1v) is 6.12. The van der Waals surface area contributed by atoms with Crippen LogP contribution in [-0.4, -0.2) is 36.1 Å². The van der Waals surface area contributed by atoms with E-state index in [1.807, 2.05) is 6.07 Å². The van der Waals surface area contributed by atoms with Gasteiger partial charge in [-0.15, -0.1) is 0 Å². The van der Waals surface area contributed by atoms with Crippen molar-refractivity contribution in [3.05, 3.63) is 23.9 Å². The first kappa shape index (κ1) is 13.5. The fourth-order valence-electron chi connectivity index (χ4n) is 1.62. The van der Waals surface area contributed by atoms with Gasteiger partial charge < -0.3 is 10.2 Å². The van der Waals surface area contributed by atoms with Gasteiger partial charge in [0.1, 0.15) is 11.9 Å². The van der Waals surface area contributed by atoms with Crippen LogP contribution in [-0.2, 0) is 0 Å². The molecule has 0 aromatic carbocycles. The van der Waals surface area contributed by atoms with E-state index in [1.54, 1.807) is 12.3 Å². The lowest BCUT2D eigenvalue weighted by atomic mass is 10.3. The molecule has 1 N–H and O–H groups in total. The van der Waals surface area contributed by atoms with Crippen LogP contribution in [0.25, 0.3) is 0 Å². The van der Waals surface area contributed by atoms with Crippen LogP contribution in [0.1, 0.15) is 25.8 Å². The first-order valence-electron chi connectivity index (χ1n) is 6.12. The molecule has 92 valence electrons. The lowest BCUT2D eigenvalue weighted by Gasteiger charge is -2.17. The average molecular weight is 232 g/mol. The molecule has 0 atom stereocenters. The van der Waals surface area contributed by atoms with Crippen LogP contribution in [0, 0.1) is 11.3 Å². The van der Waals surface area contributed by atoms with Gasteiger partial charge in [-0.3, -0.25) is 0 Å². The summed E-state index contributed by atoms with van der Waals surface area (Å²) in [6.45, 7) is 8.58. The van der Waals surface area contributed by atoms with Gasteiger partial charge in [-0.05, 0) is 38.2 Å². The van der Waals surface area contributed by atoms with Crippen molar-refractivity contribution in [1.29, 1.82) is 5.26 Å². The molecule has 0 aliphatic rings. The zero-order chi connectivity index (χ0) is 12.5. The summed E-state index contributed by atoms with van der Waals surface area (Å²) in [7, 11) is 0. The summed E-state index contributed by atoms with van der Waals surface area (Å²) in [4.78, 5) is 6.56. The van der Waals surface area contributed by atoms with E-state index in [0.29, 0.717) is 5.56 Å². The van der Waals surface area contributed by atoms with Crippen molar-refractivity contribution < 1.29 is 0 Å². The molecule has 4 nitrogen and oxygen atoms in total. The molecular weight excluding hydrogens is 212 g/mol. The molecule has 0 aliphatic heterocycles. The number of rotatable bonds is 7. The summed E-state index contributed by atoms with van der Waals surface area (Å²) >= 11 is 0. The van der Waals surface area contributed by atoms with Gasteiger partial charge in [0.25, 0.3) is 0 Å². The van der Waals surface area contributed by atoms with Crippen molar-refractivity contribution in [1.82, 2.24) is 9.88 Å². The largest absolute Gasteiger partial charge is 0.370 e. The Morgan fingerprint density at radius 2 is 2.12 bits per heavy atom. The second-order valence-corrected chi connectivity index (χ2v) is 3.85. The number of pyridine rings is 1. The molecule has 0 fully saturated rings. The minimum Gasteiger partial charge on any atom is -0.370 e. The maximum Gasteiger partial charge on any atom is 0.125 e. The standard InChI is InChI=1S/C13H20N4/c1-3-17(4-2)9-5-8-15-13-7-6-12(10-14)11-16-13/h6-7,11H,3-5,8-9H2,1-2H3,(H,15,16). The van der Waals surface area contributed by atoms with E-state index in [9.17, 15) is 0 Å². The summed E-state index contributed by atoms with van der Waals surface area (Å²) in [6, 6.07) is 5.68. The average Bonchev–Trinajstić information content (AvgIpc) is 2.40. The molecule has 1 heterocycles. The third-order valence-corrected chi connectivity index (χ3v) is 2.74. The highest BCUT2D eigenvalue weighted by atomic mass is 15.1. The molecule has 0 aliphatic carbocycles. The van der Waals surface area contributed by atoms with Crippen molar-refractivity contribution in [2.75, 3.05) is 31.5 Å². The third-order valence-electron chi connectivity index (χ3n) is 2.74. The van der Waals surface area contributed by atoms with Crippen molar-refractivity contribution >= 4 is 5.82 Å². The molecule has 1 aromatic rings. The SMILES string of the molecule is CCN(CC)CCCNc1ccc(C#N)cn1. The van der Waals surface area contributed by atoms with Crippen LogP contribution < -0.4 is 5.32 Å². The van der Waals surface area contributed by atoms with Crippen LogP contribution in [0.15, 0.2) is 18.3 Å². The van der Waals surface area contributed by atoms with Crippen LogP contribution in [0.5, 0.6) is 0 Å². The summed E-state index contributed by atoms with van der Waals surface area (Å²) in [5.74, 6) is 0.837. The smallest absolute Gasteiger partial charge is 0.125 e. The highest BCUT2D eigenvalue weighted by Crippen LogP contribution is 2.03. The van der Waals surface area contributed by atoms with Gasteiger partial charge in [-0.25, -0.2) is 4.98 Å². The summed E-state index contributed by atoms with van der Waals surface area (Å²) in [5, 5.41) is 11.9. The number of anilines is 1. The minimum atomic E-state index is 0.596. The fourth-order valence-corrected chi connectivity index (χ4v) is 1.62. The van der Waals surface area contributed by atoms with E-state index >= 15 is 0 Å². The van der Waals surface area contributed by atoms with Gasteiger partial charge in [0.2, 0.25) is 0 Å². The molecule has 0 radical (unpaired) electrons. The normalized spacial score (nSPS) is 10.2. The zero-order valence-electron chi connectivity index (χ0n) is 10.6. The monoisotopic (exact) mass is 232 g/mol. The highest BCUT2D eigenvalue weighted by Gasteiger charge is 1.98. The molecule has 17 heavy (non-hydrogen) atoms. The number of nitriles is 1. The number of nitrogens with one attached hydrogen (secondary N) is 1. The first-order chi connectivity index (χ1) is 8.30. The van der Waals surface area contributed by atoms with Gasteiger partial charge in [0.05, 0.1) is 5.56 Å². The molecule has 0 saturated heterocycles. The Balaban J connectivity index is 2.24. The summed E-state index contributed by atoms with van der Waals surface area (Å²) < 4.78 is 0. The second kappa shape index (κ2) is 7.64. The maximum absolute atomic E-state index is 8.64. The Kier molecular flexibility index (Phi) is 6.05. The van der Waals surface area contributed by atoms with Gasteiger partial charge in [-0.1, -0.05) is 13.8 Å². The molecule has 4 heteroatoms. The van der Waals surface area contributed by atoms with Crippen molar-refractivity contribution in [2.45, 2.75) is 20.3 Å². The van der Waals surface area contributed by atoms with Crippen LogP contribution in [0.3, 0.4) is 0 Å². The lowest BCUT2D eigenvalue weighted by molar-refractivity contribution is 0.303. The zero-order valence-corrected chi connectivity index (χ0v) is 10.6. The number of aromatic nitrogens is 1. The molecule has 0 saturated carbocycles. The van der Waals surface area contributed by atoms with Gasteiger partial charge >= 0.3 is 0 Å². The fraction of sp³-hybridized carbons (Fsp3) is 0.538. The predicted octanol–water partition coefficient (Wildman–Crippen LogP) is 2.10. The van der Waals surface area contributed by atoms with E-state index in [2.05, 4.69) is 35.1 Å². The van der Waals surface area contributed by atoms with E-state index in [4.69, 9.17) is 5.26 Å². The molecule has 1 rings (SSSR count). The van der Waals surface area contributed by atoms with Gasteiger partial charge in [0.15, 0.2) is 0 Å². The molecule has 1 aromatic heterocycles. The van der Waals surface area contributed by atoms with Crippen molar-refractivity contribution in [2.24, 2.45) is 0 Å². The Morgan fingerprint density at radius 1 is 1.35 bits per heavy atom. The number of nitrogens with zero attached hydrogens (tertiary/aromatic N) is 3. The quantitative estimate of drug-likeness (QED) is 0.731. The Labute approximate surface area is 103 Å². The molecule has 0 amide bonds. The third kappa shape index (κ3) is 4.83. The molecule has 0 unspecified atom stereocenters. The van der Waals surface area contributed by atoms with Crippen LogP contribution >= 0.6 is 0 Å². The number of hydrogen-bond acceptors (Lipinski definition) is 4.